The molecule has 0 aliphatic carbocycles. The van der Waals surface area contributed by atoms with Crippen LogP contribution in [0.3, 0.4) is 0 Å². The lowest BCUT2D eigenvalue weighted by Gasteiger charge is -2.34. The Bertz CT molecular complexity index is 873. The van der Waals surface area contributed by atoms with Gasteiger partial charge in [-0.1, -0.05) is 12.1 Å². The van der Waals surface area contributed by atoms with Crippen molar-refractivity contribution in [2.24, 2.45) is 0 Å². The number of carbonyl (C=O) groups excluding carboxylic acids is 1. The van der Waals surface area contributed by atoms with Crippen molar-refractivity contribution in [2.75, 3.05) is 45.2 Å². The van der Waals surface area contributed by atoms with Crippen LogP contribution in [0.1, 0.15) is 11.1 Å². The molecule has 0 atom stereocenters. The summed E-state index contributed by atoms with van der Waals surface area (Å²) in [6, 6.07) is 13.6. The van der Waals surface area contributed by atoms with E-state index in [9.17, 15) is 9.18 Å². The summed E-state index contributed by atoms with van der Waals surface area (Å²) in [5, 5.41) is 11.9. The van der Waals surface area contributed by atoms with Gasteiger partial charge in [0.1, 0.15) is 17.6 Å². The third-order valence-electron chi connectivity index (χ3n) is 4.79. The summed E-state index contributed by atoms with van der Waals surface area (Å²) in [5.41, 5.74) is 1.80. The predicted molar refractivity (Wildman–Crippen MR) is 104 cm³/mol. The van der Waals surface area contributed by atoms with Gasteiger partial charge in [0.2, 0.25) is 5.91 Å². The zero-order valence-corrected chi connectivity index (χ0v) is 15.8. The molecule has 1 aliphatic rings. The third-order valence-corrected chi connectivity index (χ3v) is 4.79. The molecule has 1 fully saturated rings. The number of benzene rings is 2. The topological polar surface area (TPSA) is 68.6 Å². The molecule has 3 rings (SSSR count). The molecule has 0 aromatic heterocycles. The van der Waals surface area contributed by atoms with Crippen molar-refractivity contribution in [1.29, 1.82) is 5.26 Å². The van der Waals surface area contributed by atoms with Crippen molar-refractivity contribution in [3.05, 3.63) is 59.4 Å². The fourth-order valence-corrected chi connectivity index (χ4v) is 3.30. The number of nitriles is 1. The van der Waals surface area contributed by atoms with Crippen molar-refractivity contribution in [3.63, 3.8) is 0 Å². The van der Waals surface area contributed by atoms with Crippen LogP contribution < -0.4 is 10.1 Å². The highest BCUT2D eigenvalue weighted by atomic mass is 19.1. The molecule has 1 N–H and O–H groups in total. The molecule has 28 heavy (non-hydrogen) atoms. The van der Waals surface area contributed by atoms with E-state index in [1.165, 1.54) is 12.1 Å². The van der Waals surface area contributed by atoms with E-state index in [2.05, 4.69) is 21.2 Å². The Kier molecular flexibility index (Phi) is 6.58. The van der Waals surface area contributed by atoms with Crippen molar-refractivity contribution in [1.82, 2.24) is 9.80 Å². The van der Waals surface area contributed by atoms with Crippen LogP contribution in [0.4, 0.5) is 10.1 Å². The van der Waals surface area contributed by atoms with E-state index in [0.717, 1.165) is 31.7 Å². The largest absolute Gasteiger partial charge is 0.496 e. The average Bonchev–Trinajstić information content (AvgIpc) is 2.70. The van der Waals surface area contributed by atoms with Gasteiger partial charge in [-0.05, 0) is 30.3 Å². The number of para-hydroxylation sites is 1. The van der Waals surface area contributed by atoms with Crippen LogP contribution in [0.5, 0.6) is 5.75 Å². The van der Waals surface area contributed by atoms with Crippen LogP contribution in [0.25, 0.3) is 0 Å². The van der Waals surface area contributed by atoms with Gasteiger partial charge in [0.25, 0.3) is 0 Å². The number of piperazine rings is 1. The summed E-state index contributed by atoms with van der Waals surface area (Å²) in [6.45, 7) is 3.92. The molecule has 1 aliphatic heterocycles. The van der Waals surface area contributed by atoms with E-state index in [4.69, 9.17) is 10.00 Å². The van der Waals surface area contributed by atoms with E-state index in [1.807, 2.05) is 0 Å². The monoisotopic (exact) mass is 382 g/mol. The van der Waals surface area contributed by atoms with Gasteiger partial charge in [0, 0.05) is 38.3 Å². The lowest BCUT2D eigenvalue weighted by molar-refractivity contribution is -0.117. The van der Waals surface area contributed by atoms with Gasteiger partial charge >= 0.3 is 0 Å². The maximum absolute atomic E-state index is 13.5. The first kappa shape index (κ1) is 19.8. The SMILES string of the molecule is COc1ccc(F)cc1CN1CCN(CC(=O)Nc2ccccc2C#N)CC1. The van der Waals surface area contributed by atoms with Gasteiger partial charge in [-0.3, -0.25) is 14.6 Å². The normalized spacial score (nSPS) is 15.0. The summed E-state index contributed by atoms with van der Waals surface area (Å²) >= 11 is 0. The Morgan fingerprint density at radius 1 is 1.18 bits per heavy atom. The molecule has 0 radical (unpaired) electrons. The molecular formula is C21H23FN4O2. The zero-order valence-electron chi connectivity index (χ0n) is 15.8. The van der Waals surface area contributed by atoms with Crippen LogP contribution in [0, 0.1) is 17.1 Å². The number of nitrogens with one attached hydrogen (secondary N) is 1. The number of ether oxygens (including phenoxy) is 1. The lowest BCUT2D eigenvalue weighted by atomic mass is 10.1. The minimum atomic E-state index is -0.274. The van der Waals surface area contributed by atoms with E-state index >= 15 is 0 Å². The van der Waals surface area contributed by atoms with E-state index in [0.29, 0.717) is 23.5 Å². The number of rotatable bonds is 6. The van der Waals surface area contributed by atoms with Gasteiger partial charge in [0.05, 0.1) is 24.9 Å². The number of methoxy groups -OCH3 is 1. The lowest BCUT2D eigenvalue weighted by Crippen LogP contribution is -2.48. The Balaban J connectivity index is 1.50. The van der Waals surface area contributed by atoms with Crippen molar-refractivity contribution >= 4 is 11.6 Å². The van der Waals surface area contributed by atoms with Gasteiger partial charge in [-0.25, -0.2) is 4.39 Å². The Morgan fingerprint density at radius 2 is 1.89 bits per heavy atom. The Hall–Kier alpha value is -2.95. The molecule has 0 saturated carbocycles. The molecule has 1 amide bonds. The third kappa shape index (κ3) is 5.06. The molecule has 0 spiro atoms. The number of halogens is 1. The minimum absolute atomic E-state index is 0.136. The van der Waals surface area contributed by atoms with Crippen molar-refractivity contribution in [2.45, 2.75) is 6.54 Å². The molecule has 1 heterocycles. The second-order valence-corrected chi connectivity index (χ2v) is 6.71. The number of anilines is 1. The van der Waals surface area contributed by atoms with Gasteiger partial charge in [-0.15, -0.1) is 0 Å². The maximum atomic E-state index is 13.5. The average molecular weight is 382 g/mol. The van der Waals surface area contributed by atoms with Gasteiger partial charge in [0.15, 0.2) is 0 Å². The highest BCUT2D eigenvalue weighted by Gasteiger charge is 2.20. The first-order chi connectivity index (χ1) is 13.6. The first-order valence-electron chi connectivity index (χ1n) is 9.15. The highest BCUT2D eigenvalue weighted by Crippen LogP contribution is 2.21. The predicted octanol–water partition coefficient (Wildman–Crippen LogP) is 2.46. The summed E-state index contributed by atoms with van der Waals surface area (Å²) in [4.78, 5) is 16.6. The number of nitrogens with zero attached hydrogens (tertiary/aromatic N) is 3. The number of carbonyl (C=O) groups is 1. The maximum Gasteiger partial charge on any atom is 0.238 e. The van der Waals surface area contributed by atoms with E-state index in [1.54, 1.807) is 37.4 Å². The fraction of sp³-hybridized carbons (Fsp3) is 0.333. The molecule has 146 valence electrons. The standard InChI is InChI=1S/C21H23FN4O2/c1-28-20-7-6-18(22)12-17(20)14-25-8-10-26(11-9-25)15-21(27)24-19-5-3-2-4-16(19)13-23/h2-7,12H,8-11,14-15H2,1H3,(H,24,27). The van der Waals surface area contributed by atoms with E-state index in [-0.39, 0.29) is 18.3 Å². The summed E-state index contributed by atoms with van der Waals surface area (Å²) in [7, 11) is 1.58. The zero-order chi connectivity index (χ0) is 19.9. The number of hydrogen-bond acceptors (Lipinski definition) is 5. The molecule has 6 nitrogen and oxygen atoms in total. The van der Waals surface area contributed by atoms with Gasteiger partial charge in [-0.2, -0.15) is 5.26 Å². The molecule has 1 saturated heterocycles. The van der Waals surface area contributed by atoms with Crippen LogP contribution in [0.15, 0.2) is 42.5 Å². The smallest absolute Gasteiger partial charge is 0.238 e. The highest BCUT2D eigenvalue weighted by molar-refractivity contribution is 5.93. The van der Waals surface area contributed by atoms with Crippen LogP contribution >= 0.6 is 0 Å². The molecule has 2 aromatic carbocycles. The first-order valence-corrected chi connectivity index (χ1v) is 9.15. The fourth-order valence-electron chi connectivity index (χ4n) is 3.30. The second-order valence-electron chi connectivity index (χ2n) is 6.71. The quantitative estimate of drug-likeness (QED) is 0.831. The molecule has 0 bridgehead atoms. The number of hydrogen-bond donors (Lipinski definition) is 1. The van der Waals surface area contributed by atoms with Crippen LogP contribution in [-0.4, -0.2) is 55.5 Å². The summed E-state index contributed by atoms with van der Waals surface area (Å²) in [6.07, 6.45) is 0. The van der Waals surface area contributed by atoms with Crippen LogP contribution in [-0.2, 0) is 11.3 Å². The molecule has 7 heteroatoms. The van der Waals surface area contributed by atoms with Crippen molar-refractivity contribution in [3.8, 4) is 11.8 Å². The van der Waals surface area contributed by atoms with E-state index < -0.39 is 0 Å². The molecule has 0 unspecified atom stereocenters. The summed E-state index contributed by atoms with van der Waals surface area (Å²) in [5.74, 6) is 0.270. The molecular weight excluding hydrogens is 359 g/mol. The second kappa shape index (κ2) is 9.31. The number of amides is 1. The van der Waals surface area contributed by atoms with Crippen LogP contribution in [0.2, 0.25) is 0 Å². The minimum Gasteiger partial charge on any atom is -0.496 e. The van der Waals surface area contributed by atoms with Crippen molar-refractivity contribution < 1.29 is 13.9 Å². The molecule has 2 aromatic rings. The Morgan fingerprint density at radius 3 is 2.61 bits per heavy atom. The summed E-state index contributed by atoms with van der Waals surface area (Å²) < 4.78 is 18.8. The van der Waals surface area contributed by atoms with Gasteiger partial charge < -0.3 is 10.1 Å². The Labute approximate surface area is 164 Å².